The molecule has 0 atom stereocenters. The number of hydrogen-bond donors (Lipinski definition) is 0. The van der Waals surface area contributed by atoms with Crippen LogP contribution in [-0.4, -0.2) is 29.5 Å². The molecule has 0 amide bonds. The Bertz CT molecular complexity index is 563. The van der Waals surface area contributed by atoms with Crippen LogP contribution in [0.3, 0.4) is 0 Å². The summed E-state index contributed by atoms with van der Waals surface area (Å²) in [5.74, 6) is 0. The first-order chi connectivity index (χ1) is 9.49. The second-order valence-corrected chi connectivity index (χ2v) is 5.45. The highest BCUT2D eigenvalue weighted by molar-refractivity contribution is 9.09. The van der Waals surface area contributed by atoms with Crippen molar-refractivity contribution in [2.45, 2.75) is 12.7 Å². The lowest BCUT2D eigenvalue weighted by molar-refractivity contribution is -0.146. The molecule has 0 aliphatic carbocycles. The summed E-state index contributed by atoms with van der Waals surface area (Å²) in [7, 11) is 0. The molecular weight excluding hydrogens is 331 g/mol. The standard InChI is InChI=1S/C15H15BrF3N/c16-8-9-20(11-15(17,18)19)10-13-6-3-5-12-4-1-2-7-14(12)13/h1-7H,8-11H2. The van der Waals surface area contributed by atoms with Crippen LogP contribution < -0.4 is 0 Å². The van der Waals surface area contributed by atoms with Crippen molar-refractivity contribution >= 4 is 26.7 Å². The number of benzene rings is 2. The molecule has 0 saturated carbocycles. The quantitative estimate of drug-likeness (QED) is 0.716. The normalized spacial score (nSPS) is 12.2. The molecular formula is C15H15BrF3N. The summed E-state index contributed by atoms with van der Waals surface area (Å²) >= 11 is 3.21. The lowest BCUT2D eigenvalue weighted by Crippen LogP contribution is -2.35. The maximum Gasteiger partial charge on any atom is 0.401 e. The number of fused-ring (bicyclic) bond motifs is 1. The van der Waals surface area contributed by atoms with E-state index in [1.54, 1.807) is 0 Å². The third-order valence-corrected chi connectivity index (χ3v) is 3.43. The minimum absolute atomic E-state index is 0.298. The molecule has 20 heavy (non-hydrogen) atoms. The van der Waals surface area contributed by atoms with E-state index in [2.05, 4.69) is 15.9 Å². The van der Waals surface area contributed by atoms with Crippen molar-refractivity contribution in [2.75, 3.05) is 18.4 Å². The first-order valence-corrected chi connectivity index (χ1v) is 7.43. The van der Waals surface area contributed by atoms with E-state index in [0.717, 1.165) is 16.3 Å². The molecule has 0 N–H and O–H groups in total. The highest BCUT2D eigenvalue weighted by Crippen LogP contribution is 2.22. The zero-order valence-corrected chi connectivity index (χ0v) is 12.4. The van der Waals surface area contributed by atoms with Crippen LogP contribution in [0.15, 0.2) is 42.5 Å². The summed E-state index contributed by atoms with van der Waals surface area (Å²) in [5.41, 5.74) is 0.924. The zero-order valence-electron chi connectivity index (χ0n) is 10.8. The lowest BCUT2D eigenvalue weighted by atomic mass is 10.0. The SMILES string of the molecule is FC(F)(F)CN(CCBr)Cc1cccc2ccccc12. The van der Waals surface area contributed by atoms with Gasteiger partial charge in [0.15, 0.2) is 0 Å². The van der Waals surface area contributed by atoms with Crippen LogP contribution >= 0.6 is 15.9 Å². The Kier molecular flexibility index (Phi) is 5.05. The van der Waals surface area contributed by atoms with Crippen molar-refractivity contribution in [2.24, 2.45) is 0 Å². The van der Waals surface area contributed by atoms with Crippen LogP contribution in [0.5, 0.6) is 0 Å². The largest absolute Gasteiger partial charge is 0.401 e. The van der Waals surface area contributed by atoms with Gasteiger partial charge in [0.05, 0.1) is 6.54 Å². The average Bonchev–Trinajstić information content (AvgIpc) is 2.37. The molecule has 0 bridgehead atoms. The van der Waals surface area contributed by atoms with Gasteiger partial charge in [0.2, 0.25) is 0 Å². The second kappa shape index (κ2) is 6.59. The summed E-state index contributed by atoms with van der Waals surface area (Å²) in [6.07, 6.45) is -4.17. The number of nitrogens with zero attached hydrogens (tertiary/aromatic N) is 1. The molecule has 0 unspecified atom stereocenters. The van der Waals surface area contributed by atoms with Crippen LogP contribution in [-0.2, 0) is 6.54 Å². The third-order valence-electron chi connectivity index (χ3n) is 3.08. The van der Waals surface area contributed by atoms with Gasteiger partial charge in [-0.05, 0) is 16.3 Å². The van der Waals surface area contributed by atoms with Gasteiger partial charge in [0.1, 0.15) is 0 Å². The van der Waals surface area contributed by atoms with Gasteiger partial charge < -0.3 is 0 Å². The Morgan fingerprint density at radius 3 is 2.40 bits per heavy atom. The number of rotatable bonds is 5. The van der Waals surface area contributed by atoms with Crippen molar-refractivity contribution in [3.8, 4) is 0 Å². The van der Waals surface area contributed by atoms with E-state index in [-0.39, 0.29) is 0 Å². The molecule has 2 rings (SSSR count). The Morgan fingerprint density at radius 1 is 1.00 bits per heavy atom. The molecule has 0 aliphatic rings. The molecule has 0 radical (unpaired) electrons. The fourth-order valence-corrected chi connectivity index (χ4v) is 2.76. The lowest BCUT2D eigenvalue weighted by Gasteiger charge is -2.23. The molecule has 0 aromatic heterocycles. The summed E-state index contributed by atoms with van der Waals surface area (Å²) in [6, 6.07) is 13.5. The van der Waals surface area contributed by atoms with E-state index in [1.165, 1.54) is 4.90 Å². The van der Waals surface area contributed by atoms with Crippen LogP contribution in [0.1, 0.15) is 5.56 Å². The van der Waals surface area contributed by atoms with E-state index in [1.807, 2.05) is 42.5 Å². The molecule has 2 aromatic carbocycles. The van der Waals surface area contributed by atoms with Gasteiger partial charge >= 0.3 is 6.18 Å². The highest BCUT2D eigenvalue weighted by Gasteiger charge is 2.30. The summed E-state index contributed by atoms with van der Waals surface area (Å²) < 4.78 is 37.8. The van der Waals surface area contributed by atoms with Gasteiger partial charge in [-0.25, -0.2) is 0 Å². The Labute approximate surface area is 124 Å². The maximum absolute atomic E-state index is 12.6. The summed E-state index contributed by atoms with van der Waals surface area (Å²) in [5, 5.41) is 2.58. The Hall–Kier alpha value is -1.07. The van der Waals surface area contributed by atoms with Crippen LogP contribution in [0, 0.1) is 0 Å². The van der Waals surface area contributed by atoms with E-state index in [0.29, 0.717) is 18.4 Å². The second-order valence-electron chi connectivity index (χ2n) is 4.65. The van der Waals surface area contributed by atoms with Gasteiger partial charge in [-0.15, -0.1) is 0 Å². The zero-order chi connectivity index (χ0) is 14.6. The first-order valence-electron chi connectivity index (χ1n) is 6.31. The smallest absolute Gasteiger partial charge is 0.290 e. The monoisotopic (exact) mass is 345 g/mol. The van der Waals surface area contributed by atoms with Crippen LogP contribution in [0.2, 0.25) is 0 Å². The van der Waals surface area contributed by atoms with Crippen LogP contribution in [0.25, 0.3) is 10.8 Å². The van der Waals surface area contributed by atoms with Crippen molar-refractivity contribution in [1.82, 2.24) is 4.90 Å². The molecule has 0 aliphatic heterocycles. The molecule has 0 saturated heterocycles. The van der Waals surface area contributed by atoms with Crippen molar-refractivity contribution in [3.05, 3.63) is 48.0 Å². The summed E-state index contributed by atoms with van der Waals surface area (Å²) in [6.45, 7) is -0.225. The molecule has 5 heteroatoms. The molecule has 0 heterocycles. The fraction of sp³-hybridized carbons (Fsp3) is 0.333. The first kappa shape index (κ1) is 15.3. The Morgan fingerprint density at radius 2 is 1.70 bits per heavy atom. The molecule has 0 spiro atoms. The van der Waals surface area contributed by atoms with E-state index in [9.17, 15) is 13.2 Å². The molecule has 0 fully saturated rings. The maximum atomic E-state index is 12.6. The number of halogens is 4. The van der Waals surface area contributed by atoms with Gasteiger partial charge in [0.25, 0.3) is 0 Å². The van der Waals surface area contributed by atoms with Gasteiger partial charge in [0, 0.05) is 18.4 Å². The minimum Gasteiger partial charge on any atom is -0.290 e. The predicted molar refractivity (Wildman–Crippen MR) is 79.1 cm³/mol. The van der Waals surface area contributed by atoms with E-state index >= 15 is 0 Å². The summed E-state index contributed by atoms with van der Waals surface area (Å²) in [4.78, 5) is 1.41. The highest BCUT2D eigenvalue weighted by atomic mass is 79.9. The fourth-order valence-electron chi connectivity index (χ4n) is 2.26. The van der Waals surface area contributed by atoms with Crippen molar-refractivity contribution in [1.29, 1.82) is 0 Å². The Balaban J connectivity index is 2.24. The topological polar surface area (TPSA) is 3.24 Å². The third kappa shape index (κ3) is 4.21. The predicted octanol–water partition coefficient (Wildman–Crippen LogP) is 4.60. The van der Waals surface area contributed by atoms with Gasteiger partial charge in [-0.3, -0.25) is 4.90 Å². The van der Waals surface area contributed by atoms with E-state index < -0.39 is 12.7 Å². The van der Waals surface area contributed by atoms with Gasteiger partial charge in [-0.2, -0.15) is 13.2 Å². The van der Waals surface area contributed by atoms with E-state index in [4.69, 9.17) is 0 Å². The minimum atomic E-state index is -4.17. The van der Waals surface area contributed by atoms with Gasteiger partial charge in [-0.1, -0.05) is 58.4 Å². The molecule has 1 nitrogen and oxygen atoms in total. The van der Waals surface area contributed by atoms with Crippen molar-refractivity contribution < 1.29 is 13.2 Å². The molecule has 2 aromatic rings. The number of hydrogen-bond acceptors (Lipinski definition) is 1. The van der Waals surface area contributed by atoms with Crippen LogP contribution in [0.4, 0.5) is 13.2 Å². The number of alkyl halides is 4. The van der Waals surface area contributed by atoms with Crippen molar-refractivity contribution in [3.63, 3.8) is 0 Å². The molecule has 108 valence electrons. The average molecular weight is 346 g/mol.